The van der Waals surface area contributed by atoms with E-state index in [0.717, 1.165) is 5.75 Å². The molecule has 5 nitrogen and oxygen atoms in total. The second kappa shape index (κ2) is 5.53. The summed E-state index contributed by atoms with van der Waals surface area (Å²) < 4.78 is 10.4. The number of carbonyl (C=O) groups is 2. The molecule has 0 atom stereocenters. The summed E-state index contributed by atoms with van der Waals surface area (Å²) >= 11 is 0. The molecule has 1 aliphatic heterocycles. The van der Waals surface area contributed by atoms with Crippen molar-refractivity contribution >= 4 is 11.9 Å². The zero-order valence-corrected chi connectivity index (χ0v) is 10.2. The molecule has 1 fully saturated rings. The lowest BCUT2D eigenvalue weighted by Crippen LogP contribution is -2.31. The molecule has 1 heterocycles. The van der Waals surface area contributed by atoms with Crippen LogP contribution in [0.2, 0.25) is 0 Å². The Labute approximate surface area is 105 Å². The van der Waals surface area contributed by atoms with Gasteiger partial charge >= 0.3 is 6.09 Å². The fraction of sp³-hybridized carbons (Fsp3) is 0.385. The summed E-state index contributed by atoms with van der Waals surface area (Å²) in [6, 6.07) is 6.81. The van der Waals surface area contributed by atoms with Gasteiger partial charge in [-0.05, 0) is 31.2 Å². The van der Waals surface area contributed by atoms with Crippen molar-refractivity contribution in [2.24, 2.45) is 0 Å². The molecule has 0 saturated carbocycles. The lowest BCUT2D eigenvalue weighted by molar-refractivity contribution is -0.116. The summed E-state index contributed by atoms with van der Waals surface area (Å²) in [5.74, 6) is 1.25. The average molecular weight is 249 g/mol. The summed E-state index contributed by atoms with van der Waals surface area (Å²) in [7, 11) is 0. The van der Waals surface area contributed by atoms with E-state index >= 15 is 0 Å². The van der Waals surface area contributed by atoms with Crippen molar-refractivity contribution in [1.29, 1.82) is 0 Å². The molecule has 0 aliphatic carbocycles. The van der Waals surface area contributed by atoms with Gasteiger partial charge < -0.3 is 14.4 Å². The maximum Gasteiger partial charge on any atom is 0.415 e. The van der Waals surface area contributed by atoms with Crippen molar-refractivity contribution in [2.75, 3.05) is 19.7 Å². The van der Waals surface area contributed by atoms with Gasteiger partial charge in [-0.3, -0.25) is 4.79 Å². The molecule has 0 bridgehead atoms. The highest BCUT2D eigenvalue weighted by Gasteiger charge is 2.25. The predicted octanol–water partition coefficient (Wildman–Crippen LogP) is 1.86. The van der Waals surface area contributed by atoms with Gasteiger partial charge in [-0.15, -0.1) is 0 Å². The monoisotopic (exact) mass is 249 g/mol. The van der Waals surface area contributed by atoms with Gasteiger partial charge in [0.1, 0.15) is 11.5 Å². The maximum absolute atomic E-state index is 11.7. The molecule has 0 unspecified atom stereocenters. The van der Waals surface area contributed by atoms with E-state index in [1.807, 2.05) is 6.92 Å². The van der Waals surface area contributed by atoms with Gasteiger partial charge in [0.2, 0.25) is 0 Å². The molecule has 2 rings (SSSR count). The second-order valence-electron chi connectivity index (χ2n) is 3.98. The summed E-state index contributed by atoms with van der Waals surface area (Å²) in [5.41, 5.74) is 0. The first-order chi connectivity index (χ1) is 8.69. The SMILES string of the molecule is CCOc1ccc(OC(=O)N2CCC(=O)C2)cc1. The first-order valence-electron chi connectivity index (χ1n) is 5.90. The zero-order valence-electron chi connectivity index (χ0n) is 10.2. The van der Waals surface area contributed by atoms with Crippen molar-refractivity contribution in [3.63, 3.8) is 0 Å². The highest BCUT2D eigenvalue weighted by Crippen LogP contribution is 2.18. The molecule has 5 heteroatoms. The lowest BCUT2D eigenvalue weighted by atomic mass is 10.3. The quantitative estimate of drug-likeness (QED) is 0.820. The van der Waals surface area contributed by atoms with E-state index in [0.29, 0.717) is 25.3 Å². The number of hydrogen-bond donors (Lipinski definition) is 0. The third kappa shape index (κ3) is 3.00. The van der Waals surface area contributed by atoms with Gasteiger partial charge in [-0.1, -0.05) is 0 Å². The van der Waals surface area contributed by atoms with E-state index in [1.165, 1.54) is 4.90 Å². The minimum Gasteiger partial charge on any atom is -0.494 e. The van der Waals surface area contributed by atoms with E-state index in [1.54, 1.807) is 24.3 Å². The fourth-order valence-electron chi connectivity index (χ4n) is 1.72. The predicted molar refractivity (Wildman–Crippen MR) is 64.8 cm³/mol. The van der Waals surface area contributed by atoms with E-state index in [9.17, 15) is 9.59 Å². The van der Waals surface area contributed by atoms with Crippen LogP contribution in [-0.2, 0) is 4.79 Å². The van der Waals surface area contributed by atoms with Gasteiger partial charge in [0.05, 0.1) is 13.2 Å². The molecule has 18 heavy (non-hydrogen) atoms. The van der Waals surface area contributed by atoms with Gasteiger partial charge in [0, 0.05) is 13.0 Å². The normalized spacial score (nSPS) is 14.7. The molecular formula is C13H15NO4. The van der Waals surface area contributed by atoms with Gasteiger partial charge in [-0.25, -0.2) is 4.79 Å². The Balaban J connectivity index is 1.92. The molecular weight excluding hydrogens is 234 g/mol. The van der Waals surface area contributed by atoms with Crippen LogP contribution in [0.15, 0.2) is 24.3 Å². The minimum absolute atomic E-state index is 0.0682. The van der Waals surface area contributed by atoms with Crippen LogP contribution in [0, 0.1) is 0 Å². The van der Waals surface area contributed by atoms with Crippen LogP contribution in [0.4, 0.5) is 4.79 Å². The van der Waals surface area contributed by atoms with Crippen molar-refractivity contribution in [2.45, 2.75) is 13.3 Å². The summed E-state index contributed by atoms with van der Waals surface area (Å²) in [5, 5.41) is 0. The van der Waals surface area contributed by atoms with E-state index in [4.69, 9.17) is 9.47 Å². The van der Waals surface area contributed by atoms with Crippen LogP contribution in [0.25, 0.3) is 0 Å². The molecule has 0 spiro atoms. The summed E-state index contributed by atoms with van der Waals surface area (Å²) in [6.45, 7) is 3.08. The van der Waals surface area contributed by atoms with E-state index < -0.39 is 6.09 Å². The molecule has 0 aromatic heterocycles. The van der Waals surface area contributed by atoms with Crippen LogP contribution in [0.5, 0.6) is 11.5 Å². The van der Waals surface area contributed by atoms with Crippen molar-refractivity contribution in [3.05, 3.63) is 24.3 Å². The van der Waals surface area contributed by atoms with Crippen LogP contribution in [-0.4, -0.2) is 36.5 Å². The van der Waals surface area contributed by atoms with Crippen LogP contribution in [0.3, 0.4) is 0 Å². The number of hydrogen-bond acceptors (Lipinski definition) is 4. The molecule has 96 valence electrons. The Hall–Kier alpha value is -2.04. The standard InChI is InChI=1S/C13H15NO4/c1-2-17-11-3-5-12(6-4-11)18-13(16)14-8-7-10(15)9-14/h3-6H,2,7-9H2,1H3. The van der Waals surface area contributed by atoms with E-state index in [-0.39, 0.29) is 12.3 Å². The van der Waals surface area contributed by atoms with Gasteiger partial charge in [-0.2, -0.15) is 0 Å². The summed E-state index contributed by atoms with van der Waals surface area (Å²) in [6.07, 6.45) is -0.0664. The Kier molecular flexibility index (Phi) is 3.82. The number of nitrogens with zero attached hydrogens (tertiary/aromatic N) is 1. The number of ketones is 1. The molecule has 1 aliphatic rings. The molecule has 1 aromatic rings. The molecule has 1 saturated heterocycles. The average Bonchev–Trinajstić information content (AvgIpc) is 2.79. The highest BCUT2D eigenvalue weighted by molar-refractivity contribution is 5.87. The van der Waals surface area contributed by atoms with E-state index in [2.05, 4.69) is 0 Å². The second-order valence-corrected chi connectivity index (χ2v) is 3.98. The Bertz CT molecular complexity index is 441. The number of benzene rings is 1. The number of ether oxygens (including phenoxy) is 2. The highest BCUT2D eigenvalue weighted by atomic mass is 16.6. The number of rotatable bonds is 3. The molecule has 1 amide bonds. The Morgan fingerprint density at radius 1 is 1.28 bits per heavy atom. The molecule has 0 N–H and O–H groups in total. The molecule has 0 radical (unpaired) electrons. The number of likely N-dealkylation sites (tertiary alicyclic amines) is 1. The maximum atomic E-state index is 11.7. The minimum atomic E-state index is -0.481. The number of Topliss-reactive ketones (excluding diaryl/α,β-unsaturated/α-hetero) is 1. The first-order valence-corrected chi connectivity index (χ1v) is 5.90. The third-order valence-electron chi connectivity index (χ3n) is 2.63. The zero-order chi connectivity index (χ0) is 13.0. The molecule has 1 aromatic carbocycles. The Morgan fingerprint density at radius 3 is 2.50 bits per heavy atom. The first kappa shape index (κ1) is 12.4. The van der Waals surface area contributed by atoms with Crippen molar-refractivity contribution in [3.8, 4) is 11.5 Å². The van der Waals surface area contributed by atoms with Crippen LogP contribution < -0.4 is 9.47 Å². The van der Waals surface area contributed by atoms with Crippen LogP contribution >= 0.6 is 0 Å². The summed E-state index contributed by atoms with van der Waals surface area (Å²) in [4.78, 5) is 24.2. The third-order valence-corrected chi connectivity index (χ3v) is 2.63. The Morgan fingerprint density at radius 2 is 1.94 bits per heavy atom. The smallest absolute Gasteiger partial charge is 0.415 e. The largest absolute Gasteiger partial charge is 0.494 e. The van der Waals surface area contributed by atoms with Gasteiger partial charge in [0.15, 0.2) is 5.78 Å². The van der Waals surface area contributed by atoms with Crippen molar-refractivity contribution < 1.29 is 19.1 Å². The fourth-order valence-corrected chi connectivity index (χ4v) is 1.72. The van der Waals surface area contributed by atoms with Crippen molar-refractivity contribution in [1.82, 2.24) is 4.90 Å². The van der Waals surface area contributed by atoms with Crippen LogP contribution in [0.1, 0.15) is 13.3 Å². The number of amides is 1. The van der Waals surface area contributed by atoms with Gasteiger partial charge in [0.25, 0.3) is 0 Å². The topological polar surface area (TPSA) is 55.8 Å². The number of carbonyl (C=O) groups excluding carboxylic acids is 2. The lowest BCUT2D eigenvalue weighted by Gasteiger charge is -2.14.